The smallest absolute Gasteiger partial charge is 0.344 e. The van der Waals surface area contributed by atoms with Crippen molar-refractivity contribution in [1.29, 1.82) is 0 Å². The third kappa shape index (κ3) is 3.17. The molecule has 136 valence electrons. The van der Waals surface area contributed by atoms with Crippen molar-refractivity contribution in [2.45, 2.75) is 57.7 Å². The first-order chi connectivity index (χ1) is 11.9. The van der Waals surface area contributed by atoms with E-state index in [2.05, 4.69) is 6.92 Å². The molecule has 1 aromatic rings. The monoisotopic (exact) mass is 344 g/mol. The number of carbonyl (C=O) groups excluding carboxylic acids is 1. The van der Waals surface area contributed by atoms with Gasteiger partial charge in [-0.05, 0) is 87.3 Å². The van der Waals surface area contributed by atoms with Crippen LogP contribution in [-0.2, 0) is 9.53 Å². The summed E-state index contributed by atoms with van der Waals surface area (Å²) in [4.78, 5) is 12.4. The summed E-state index contributed by atoms with van der Waals surface area (Å²) in [5, 5.41) is 9.53. The Morgan fingerprint density at radius 1 is 1.12 bits per heavy atom. The third-order valence-corrected chi connectivity index (χ3v) is 6.81. The molecule has 4 nitrogen and oxygen atoms in total. The van der Waals surface area contributed by atoms with Gasteiger partial charge < -0.3 is 14.6 Å². The molecule has 0 radical (unpaired) electrons. The molecule has 4 bridgehead atoms. The molecule has 0 aliphatic heterocycles. The summed E-state index contributed by atoms with van der Waals surface area (Å²) in [6.45, 7) is 3.81. The summed E-state index contributed by atoms with van der Waals surface area (Å²) in [5.74, 6) is 3.12. The van der Waals surface area contributed by atoms with Crippen molar-refractivity contribution in [1.82, 2.24) is 0 Å². The van der Waals surface area contributed by atoms with Crippen LogP contribution in [0.5, 0.6) is 5.75 Å². The van der Waals surface area contributed by atoms with Gasteiger partial charge in [0.2, 0.25) is 0 Å². The largest absolute Gasteiger partial charge is 0.482 e. The minimum Gasteiger partial charge on any atom is -0.482 e. The number of aliphatic hydroxyl groups is 1. The van der Waals surface area contributed by atoms with Gasteiger partial charge in [-0.25, -0.2) is 4.79 Å². The molecule has 4 fully saturated rings. The van der Waals surface area contributed by atoms with Gasteiger partial charge in [0.1, 0.15) is 11.4 Å². The fraction of sp³-hybridized carbons (Fsp3) is 0.667. The standard InChI is InChI=1S/C21H28O4/c1-13(22)16-3-5-19(6-4-16)24-12-20(23)25-21(2)17-8-14-7-15(10-17)11-18(21)9-14/h3-6,13-15,17-18,22H,7-12H2,1-2H3. The number of carbonyl (C=O) groups is 1. The molecule has 25 heavy (non-hydrogen) atoms. The lowest BCUT2D eigenvalue weighted by molar-refractivity contribution is -0.204. The molecule has 1 N–H and O–H groups in total. The molecule has 1 unspecified atom stereocenters. The maximum Gasteiger partial charge on any atom is 0.344 e. The second kappa shape index (κ2) is 6.31. The van der Waals surface area contributed by atoms with E-state index in [9.17, 15) is 9.90 Å². The number of rotatable bonds is 5. The number of aliphatic hydroxyl groups excluding tert-OH is 1. The zero-order chi connectivity index (χ0) is 17.6. The van der Waals surface area contributed by atoms with Crippen LogP contribution in [0, 0.1) is 23.7 Å². The van der Waals surface area contributed by atoms with E-state index >= 15 is 0 Å². The maximum atomic E-state index is 12.4. The van der Waals surface area contributed by atoms with Crippen LogP contribution in [0.3, 0.4) is 0 Å². The molecule has 4 saturated carbocycles. The van der Waals surface area contributed by atoms with E-state index in [-0.39, 0.29) is 18.2 Å². The zero-order valence-corrected chi connectivity index (χ0v) is 15.1. The van der Waals surface area contributed by atoms with Crippen LogP contribution in [0.15, 0.2) is 24.3 Å². The van der Waals surface area contributed by atoms with Crippen molar-refractivity contribution in [3.05, 3.63) is 29.8 Å². The van der Waals surface area contributed by atoms with Crippen molar-refractivity contribution in [3.63, 3.8) is 0 Å². The number of benzene rings is 1. The highest BCUT2D eigenvalue weighted by atomic mass is 16.6. The van der Waals surface area contributed by atoms with Gasteiger partial charge in [0, 0.05) is 0 Å². The summed E-state index contributed by atoms with van der Waals surface area (Å²) in [5.41, 5.74) is 0.528. The van der Waals surface area contributed by atoms with Crippen LogP contribution in [0.25, 0.3) is 0 Å². The lowest BCUT2D eigenvalue weighted by Crippen LogP contribution is -2.58. The van der Waals surface area contributed by atoms with Crippen LogP contribution in [0.1, 0.15) is 57.6 Å². The Balaban J connectivity index is 1.34. The molecule has 0 saturated heterocycles. The zero-order valence-electron chi connectivity index (χ0n) is 15.1. The Bertz CT molecular complexity index is 606. The predicted molar refractivity (Wildman–Crippen MR) is 94.1 cm³/mol. The van der Waals surface area contributed by atoms with Gasteiger partial charge in [-0.3, -0.25) is 0 Å². The quantitative estimate of drug-likeness (QED) is 0.824. The summed E-state index contributed by atoms with van der Waals surface area (Å²) < 4.78 is 11.6. The highest BCUT2D eigenvalue weighted by molar-refractivity contribution is 5.71. The molecular weight excluding hydrogens is 316 g/mol. The van der Waals surface area contributed by atoms with Gasteiger partial charge in [-0.2, -0.15) is 0 Å². The highest BCUT2D eigenvalue weighted by Gasteiger charge is 2.57. The van der Waals surface area contributed by atoms with E-state index in [0.717, 1.165) is 17.4 Å². The lowest BCUT2D eigenvalue weighted by atomic mass is 9.50. The van der Waals surface area contributed by atoms with E-state index in [1.807, 2.05) is 12.1 Å². The predicted octanol–water partition coefficient (Wildman–Crippen LogP) is 3.88. The van der Waals surface area contributed by atoms with Gasteiger partial charge in [0.05, 0.1) is 6.10 Å². The molecular formula is C21H28O4. The Labute approximate surface area is 149 Å². The van der Waals surface area contributed by atoms with E-state index < -0.39 is 6.10 Å². The number of ether oxygens (including phenoxy) is 2. The highest BCUT2D eigenvalue weighted by Crippen LogP contribution is 2.59. The number of hydrogen-bond donors (Lipinski definition) is 1. The number of esters is 1. The average molecular weight is 344 g/mol. The van der Waals surface area contributed by atoms with E-state index in [4.69, 9.17) is 9.47 Å². The van der Waals surface area contributed by atoms with Crippen molar-refractivity contribution < 1.29 is 19.4 Å². The van der Waals surface area contributed by atoms with Gasteiger partial charge in [-0.1, -0.05) is 12.1 Å². The third-order valence-electron chi connectivity index (χ3n) is 6.81. The molecule has 4 aliphatic rings. The molecule has 4 aliphatic carbocycles. The van der Waals surface area contributed by atoms with Gasteiger partial charge in [0.15, 0.2) is 6.61 Å². The Kier molecular flexibility index (Phi) is 4.27. The van der Waals surface area contributed by atoms with Crippen molar-refractivity contribution in [3.8, 4) is 5.75 Å². The molecule has 0 spiro atoms. The van der Waals surface area contributed by atoms with Gasteiger partial charge >= 0.3 is 5.97 Å². The minimum atomic E-state index is -0.504. The second-order valence-corrected chi connectivity index (χ2v) is 8.50. The van der Waals surface area contributed by atoms with Crippen molar-refractivity contribution in [2.75, 3.05) is 6.61 Å². The van der Waals surface area contributed by atoms with Gasteiger partial charge in [-0.15, -0.1) is 0 Å². The molecule has 1 atom stereocenters. The molecule has 5 rings (SSSR count). The average Bonchev–Trinajstić information content (AvgIpc) is 2.58. The number of hydrogen-bond acceptors (Lipinski definition) is 4. The normalized spacial score (nSPS) is 36.9. The van der Waals surface area contributed by atoms with Crippen LogP contribution < -0.4 is 4.74 Å². The van der Waals surface area contributed by atoms with E-state index in [0.29, 0.717) is 17.6 Å². The van der Waals surface area contributed by atoms with Crippen LogP contribution >= 0.6 is 0 Å². The van der Waals surface area contributed by atoms with Crippen LogP contribution in [-0.4, -0.2) is 23.3 Å². The summed E-state index contributed by atoms with van der Waals surface area (Å²) in [6.07, 6.45) is 5.77. The van der Waals surface area contributed by atoms with Crippen LogP contribution in [0.2, 0.25) is 0 Å². The summed E-state index contributed by atoms with van der Waals surface area (Å²) >= 11 is 0. The lowest BCUT2D eigenvalue weighted by Gasteiger charge is -2.59. The second-order valence-electron chi connectivity index (χ2n) is 8.50. The fourth-order valence-corrected chi connectivity index (χ4v) is 5.55. The topological polar surface area (TPSA) is 55.8 Å². The molecule has 0 amide bonds. The van der Waals surface area contributed by atoms with Crippen molar-refractivity contribution in [2.24, 2.45) is 23.7 Å². The fourth-order valence-electron chi connectivity index (χ4n) is 5.55. The summed E-state index contributed by atoms with van der Waals surface area (Å²) in [6, 6.07) is 7.18. The van der Waals surface area contributed by atoms with Crippen LogP contribution in [0.4, 0.5) is 0 Å². The van der Waals surface area contributed by atoms with E-state index in [1.54, 1.807) is 19.1 Å². The first kappa shape index (κ1) is 16.9. The Hall–Kier alpha value is -1.55. The molecule has 0 aromatic heterocycles. The summed E-state index contributed by atoms with van der Waals surface area (Å²) in [7, 11) is 0. The SMILES string of the molecule is CC(O)c1ccc(OCC(=O)OC2(C)C3CC4CC(C3)CC2C4)cc1. The minimum absolute atomic E-state index is 0.0596. The molecule has 1 aromatic carbocycles. The molecule has 4 heteroatoms. The maximum absolute atomic E-state index is 12.4. The van der Waals surface area contributed by atoms with E-state index in [1.165, 1.54) is 32.1 Å². The van der Waals surface area contributed by atoms with Crippen molar-refractivity contribution >= 4 is 5.97 Å². The first-order valence-electron chi connectivity index (χ1n) is 9.56. The Morgan fingerprint density at radius 2 is 1.68 bits per heavy atom. The molecule has 0 heterocycles. The first-order valence-corrected chi connectivity index (χ1v) is 9.56. The Morgan fingerprint density at radius 3 is 2.20 bits per heavy atom. The van der Waals surface area contributed by atoms with Gasteiger partial charge in [0.25, 0.3) is 0 Å².